The van der Waals surface area contributed by atoms with Gasteiger partial charge in [0.2, 0.25) is 0 Å². The summed E-state index contributed by atoms with van der Waals surface area (Å²) in [6.07, 6.45) is 0. The summed E-state index contributed by atoms with van der Waals surface area (Å²) in [5, 5.41) is 1.27. The molecule has 1 aromatic carbocycles. The molecule has 2 rings (SSSR count). The van der Waals surface area contributed by atoms with Crippen molar-refractivity contribution in [3.63, 3.8) is 0 Å². The second-order valence-electron chi connectivity index (χ2n) is 3.14. The smallest absolute Gasteiger partial charge is 0.0459 e. The molecule has 0 amide bonds. The van der Waals surface area contributed by atoms with Gasteiger partial charge < -0.3 is 4.98 Å². The molecule has 0 aliphatic heterocycles. The van der Waals surface area contributed by atoms with Gasteiger partial charge in [-0.3, -0.25) is 0 Å². The molecule has 0 fully saturated rings. The van der Waals surface area contributed by atoms with E-state index in [2.05, 4.69) is 53.0 Å². The Kier molecular flexibility index (Phi) is 1.72. The minimum atomic E-state index is 1.18. The zero-order chi connectivity index (χ0) is 8.72. The Morgan fingerprint density at radius 2 is 1.92 bits per heavy atom. The predicted octanol–water partition coefficient (Wildman–Crippen LogP) is 3.55. The average molecular weight is 224 g/mol. The van der Waals surface area contributed by atoms with Crippen LogP contribution in [0.4, 0.5) is 0 Å². The molecule has 0 spiro atoms. The molecule has 62 valence electrons. The third-order valence-electron chi connectivity index (χ3n) is 2.03. The van der Waals surface area contributed by atoms with Crippen molar-refractivity contribution in [2.45, 2.75) is 13.8 Å². The predicted molar refractivity (Wildman–Crippen MR) is 55.5 cm³/mol. The second kappa shape index (κ2) is 2.63. The lowest BCUT2D eigenvalue weighted by molar-refractivity contribution is 1.30. The number of fused-ring (bicyclic) bond motifs is 1. The largest absolute Gasteiger partial charge is 0.359 e. The van der Waals surface area contributed by atoms with Crippen molar-refractivity contribution in [1.82, 2.24) is 4.98 Å². The summed E-state index contributed by atoms with van der Waals surface area (Å²) in [5.41, 5.74) is 3.69. The van der Waals surface area contributed by atoms with Crippen LogP contribution in [0.25, 0.3) is 10.9 Å². The number of aromatic amines is 1. The molecule has 0 bridgehead atoms. The van der Waals surface area contributed by atoms with E-state index in [1.807, 2.05) is 0 Å². The topological polar surface area (TPSA) is 15.8 Å². The van der Waals surface area contributed by atoms with Crippen LogP contribution in [0.3, 0.4) is 0 Å². The summed E-state index contributed by atoms with van der Waals surface area (Å²) in [5.74, 6) is 0. The van der Waals surface area contributed by atoms with E-state index in [1.54, 1.807) is 0 Å². The van der Waals surface area contributed by atoms with E-state index < -0.39 is 0 Å². The van der Waals surface area contributed by atoms with Gasteiger partial charge in [0.1, 0.15) is 0 Å². The molecule has 1 aromatic heterocycles. The molecule has 0 saturated heterocycles. The Morgan fingerprint density at radius 3 is 2.67 bits per heavy atom. The van der Waals surface area contributed by atoms with Gasteiger partial charge >= 0.3 is 0 Å². The first-order valence-electron chi connectivity index (χ1n) is 3.92. The number of aryl methyl sites for hydroxylation is 2. The van der Waals surface area contributed by atoms with Gasteiger partial charge in [-0.15, -0.1) is 0 Å². The lowest BCUT2D eigenvalue weighted by atomic mass is 10.2. The van der Waals surface area contributed by atoms with Crippen molar-refractivity contribution in [3.8, 4) is 0 Å². The second-order valence-corrected chi connectivity index (χ2v) is 4.00. The van der Waals surface area contributed by atoms with Crippen LogP contribution < -0.4 is 0 Å². The maximum atomic E-state index is 3.51. The fraction of sp³-hybridized carbons (Fsp3) is 0.200. The maximum absolute atomic E-state index is 3.51. The summed E-state index contributed by atoms with van der Waals surface area (Å²) in [4.78, 5) is 3.31. The first-order chi connectivity index (χ1) is 5.66. The van der Waals surface area contributed by atoms with Gasteiger partial charge in [-0.2, -0.15) is 0 Å². The normalized spacial score (nSPS) is 10.9. The minimum Gasteiger partial charge on any atom is -0.359 e. The fourth-order valence-corrected chi connectivity index (χ4v) is 1.77. The molecular formula is C10H10BrN. The third kappa shape index (κ3) is 1.16. The molecule has 0 atom stereocenters. The Balaban J connectivity index is 2.83. The number of benzene rings is 1. The molecule has 0 aliphatic rings. The molecule has 1 N–H and O–H groups in total. The number of H-pyrrole nitrogens is 1. The summed E-state index contributed by atoms with van der Waals surface area (Å²) in [6.45, 7) is 4.17. The van der Waals surface area contributed by atoms with Crippen LogP contribution in [0.2, 0.25) is 0 Å². The van der Waals surface area contributed by atoms with E-state index in [9.17, 15) is 0 Å². The van der Waals surface area contributed by atoms with E-state index >= 15 is 0 Å². The van der Waals surface area contributed by atoms with Crippen LogP contribution in [0.15, 0.2) is 22.7 Å². The number of aromatic nitrogens is 1. The minimum absolute atomic E-state index is 1.18. The lowest BCUT2D eigenvalue weighted by Crippen LogP contribution is -1.75. The molecule has 2 aromatic rings. The summed E-state index contributed by atoms with van der Waals surface area (Å²) < 4.78 is 1.18. The van der Waals surface area contributed by atoms with Gasteiger partial charge in [0.05, 0.1) is 0 Å². The number of nitrogens with one attached hydrogen (secondary N) is 1. The van der Waals surface area contributed by atoms with Crippen LogP contribution in [-0.2, 0) is 0 Å². The standard InChI is InChI=1S/C10H10BrN/c1-6-3-10-8(5-9(6)11)4-7(2)12-10/h3-5,12H,1-2H3. The Bertz CT molecular complexity index is 390. The Labute approximate surface area is 79.9 Å². The van der Waals surface area contributed by atoms with E-state index in [0.717, 1.165) is 0 Å². The van der Waals surface area contributed by atoms with E-state index in [-0.39, 0.29) is 0 Å². The monoisotopic (exact) mass is 223 g/mol. The van der Waals surface area contributed by atoms with Crippen molar-refractivity contribution < 1.29 is 0 Å². The highest BCUT2D eigenvalue weighted by atomic mass is 79.9. The molecule has 1 nitrogen and oxygen atoms in total. The fourth-order valence-electron chi connectivity index (χ4n) is 1.41. The van der Waals surface area contributed by atoms with Crippen molar-refractivity contribution >= 4 is 26.8 Å². The highest BCUT2D eigenvalue weighted by Gasteiger charge is 2.00. The summed E-state index contributed by atoms with van der Waals surface area (Å²) in [6, 6.07) is 6.46. The number of hydrogen-bond donors (Lipinski definition) is 1. The van der Waals surface area contributed by atoms with Gasteiger partial charge in [0.15, 0.2) is 0 Å². The number of rotatable bonds is 0. The van der Waals surface area contributed by atoms with Gasteiger partial charge in [0, 0.05) is 21.1 Å². The number of halogens is 1. The molecule has 0 unspecified atom stereocenters. The highest BCUT2D eigenvalue weighted by molar-refractivity contribution is 9.10. The SMILES string of the molecule is Cc1cc2cc(Br)c(C)cc2[nH]1. The van der Waals surface area contributed by atoms with E-state index in [1.165, 1.54) is 26.6 Å². The van der Waals surface area contributed by atoms with Crippen molar-refractivity contribution in [3.05, 3.63) is 33.9 Å². The molecule has 1 heterocycles. The molecule has 0 saturated carbocycles. The first-order valence-corrected chi connectivity index (χ1v) is 4.71. The quantitative estimate of drug-likeness (QED) is 0.704. The lowest BCUT2D eigenvalue weighted by Gasteiger charge is -1.96. The highest BCUT2D eigenvalue weighted by Crippen LogP contribution is 2.23. The Hall–Kier alpha value is -0.760. The zero-order valence-corrected chi connectivity index (χ0v) is 8.70. The van der Waals surface area contributed by atoms with Crippen LogP contribution in [0.5, 0.6) is 0 Å². The van der Waals surface area contributed by atoms with Crippen LogP contribution in [0, 0.1) is 13.8 Å². The van der Waals surface area contributed by atoms with Crippen molar-refractivity contribution in [2.24, 2.45) is 0 Å². The maximum Gasteiger partial charge on any atom is 0.0459 e. The van der Waals surface area contributed by atoms with Crippen molar-refractivity contribution in [2.75, 3.05) is 0 Å². The number of hydrogen-bond acceptors (Lipinski definition) is 0. The summed E-state index contributed by atoms with van der Waals surface area (Å²) >= 11 is 3.51. The molecular weight excluding hydrogens is 214 g/mol. The van der Waals surface area contributed by atoms with Crippen LogP contribution in [-0.4, -0.2) is 4.98 Å². The average Bonchev–Trinajstić information content (AvgIpc) is 2.30. The van der Waals surface area contributed by atoms with Gasteiger partial charge in [0.25, 0.3) is 0 Å². The van der Waals surface area contributed by atoms with E-state index in [4.69, 9.17) is 0 Å². The van der Waals surface area contributed by atoms with Gasteiger partial charge in [-0.25, -0.2) is 0 Å². The van der Waals surface area contributed by atoms with Crippen molar-refractivity contribution in [1.29, 1.82) is 0 Å². The Morgan fingerprint density at radius 1 is 1.17 bits per heavy atom. The zero-order valence-electron chi connectivity index (χ0n) is 7.11. The molecule has 2 heteroatoms. The first kappa shape index (κ1) is 7.87. The van der Waals surface area contributed by atoms with E-state index in [0.29, 0.717) is 0 Å². The van der Waals surface area contributed by atoms with Crippen LogP contribution >= 0.6 is 15.9 Å². The third-order valence-corrected chi connectivity index (χ3v) is 2.89. The summed E-state index contributed by atoms with van der Waals surface area (Å²) in [7, 11) is 0. The molecule has 12 heavy (non-hydrogen) atoms. The van der Waals surface area contributed by atoms with Gasteiger partial charge in [-0.05, 0) is 37.6 Å². The van der Waals surface area contributed by atoms with Crippen LogP contribution in [0.1, 0.15) is 11.3 Å². The molecule has 0 aliphatic carbocycles. The van der Waals surface area contributed by atoms with Gasteiger partial charge in [-0.1, -0.05) is 15.9 Å². The molecule has 0 radical (unpaired) electrons.